The molecular weight excluding hydrogens is 324 g/mol. The quantitative estimate of drug-likeness (QED) is 0.680. The number of carbonyl (C=O) groups is 1. The van der Waals surface area contributed by atoms with Crippen LogP contribution in [0, 0.1) is 0 Å². The highest BCUT2D eigenvalue weighted by Crippen LogP contribution is 2.18. The van der Waals surface area contributed by atoms with Crippen LogP contribution in [0.2, 0.25) is 0 Å². The SMILES string of the molecule is CC[NH+](CC)Cc1ccccc1CNC(=O)/C=C/c1ccccc1OC. The van der Waals surface area contributed by atoms with E-state index in [0.717, 1.165) is 30.9 Å². The molecule has 0 saturated heterocycles. The van der Waals surface area contributed by atoms with Crippen molar-refractivity contribution in [2.24, 2.45) is 0 Å². The second kappa shape index (κ2) is 10.4. The van der Waals surface area contributed by atoms with E-state index in [1.165, 1.54) is 16.0 Å². The van der Waals surface area contributed by atoms with E-state index in [-0.39, 0.29) is 5.91 Å². The topological polar surface area (TPSA) is 42.8 Å². The summed E-state index contributed by atoms with van der Waals surface area (Å²) in [5.41, 5.74) is 3.35. The third-order valence-corrected chi connectivity index (χ3v) is 4.57. The fourth-order valence-electron chi connectivity index (χ4n) is 2.88. The Morgan fingerprint density at radius 3 is 2.38 bits per heavy atom. The van der Waals surface area contributed by atoms with Crippen molar-refractivity contribution in [2.45, 2.75) is 26.9 Å². The van der Waals surface area contributed by atoms with Crippen molar-refractivity contribution in [2.75, 3.05) is 20.2 Å². The smallest absolute Gasteiger partial charge is 0.244 e. The van der Waals surface area contributed by atoms with Crippen LogP contribution in [0.1, 0.15) is 30.5 Å². The molecule has 0 heterocycles. The van der Waals surface area contributed by atoms with Gasteiger partial charge in [0.15, 0.2) is 0 Å². The Balaban J connectivity index is 1.98. The number of para-hydroxylation sites is 1. The lowest BCUT2D eigenvalue weighted by molar-refractivity contribution is -0.910. The minimum absolute atomic E-state index is 0.110. The van der Waals surface area contributed by atoms with Gasteiger partial charge in [0.1, 0.15) is 12.3 Å². The molecule has 0 saturated carbocycles. The molecule has 0 aliphatic rings. The van der Waals surface area contributed by atoms with Gasteiger partial charge < -0.3 is 15.0 Å². The lowest BCUT2D eigenvalue weighted by Crippen LogP contribution is -3.10. The third-order valence-electron chi connectivity index (χ3n) is 4.57. The van der Waals surface area contributed by atoms with Crippen molar-refractivity contribution in [3.8, 4) is 5.75 Å². The van der Waals surface area contributed by atoms with Crippen LogP contribution < -0.4 is 15.0 Å². The Hall–Kier alpha value is -2.59. The van der Waals surface area contributed by atoms with Gasteiger partial charge in [0.05, 0.1) is 20.2 Å². The van der Waals surface area contributed by atoms with E-state index in [2.05, 4.69) is 37.4 Å². The Morgan fingerprint density at radius 2 is 1.69 bits per heavy atom. The molecule has 0 bridgehead atoms. The summed E-state index contributed by atoms with van der Waals surface area (Å²) >= 11 is 0. The molecule has 0 unspecified atom stereocenters. The number of methoxy groups -OCH3 is 1. The molecule has 0 atom stereocenters. The Bertz CT molecular complexity index is 736. The predicted molar refractivity (Wildman–Crippen MR) is 106 cm³/mol. The molecule has 1 amide bonds. The maximum Gasteiger partial charge on any atom is 0.244 e. The van der Waals surface area contributed by atoms with E-state index < -0.39 is 0 Å². The van der Waals surface area contributed by atoms with Gasteiger partial charge >= 0.3 is 0 Å². The van der Waals surface area contributed by atoms with Gasteiger partial charge in [0.25, 0.3) is 0 Å². The lowest BCUT2D eigenvalue weighted by Gasteiger charge is -2.17. The fraction of sp³-hybridized carbons (Fsp3) is 0.318. The molecule has 4 heteroatoms. The van der Waals surface area contributed by atoms with E-state index in [1.54, 1.807) is 19.3 Å². The zero-order chi connectivity index (χ0) is 18.8. The molecule has 2 N–H and O–H groups in total. The van der Waals surface area contributed by atoms with Crippen molar-refractivity contribution in [3.05, 3.63) is 71.3 Å². The monoisotopic (exact) mass is 353 g/mol. The molecular formula is C22H29N2O2+. The number of hydrogen-bond donors (Lipinski definition) is 2. The number of nitrogens with one attached hydrogen (secondary N) is 2. The first-order chi connectivity index (χ1) is 12.7. The van der Waals surface area contributed by atoms with Gasteiger partial charge in [-0.3, -0.25) is 4.79 Å². The van der Waals surface area contributed by atoms with Crippen molar-refractivity contribution in [1.82, 2.24) is 5.32 Å². The van der Waals surface area contributed by atoms with E-state index in [9.17, 15) is 4.79 Å². The van der Waals surface area contributed by atoms with Crippen LogP contribution in [0.25, 0.3) is 6.08 Å². The van der Waals surface area contributed by atoms with E-state index in [1.807, 2.05) is 30.3 Å². The highest BCUT2D eigenvalue weighted by Gasteiger charge is 2.09. The van der Waals surface area contributed by atoms with E-state index in [0.29, 0.717) is 6.54 Å². The summed E-state index contributed by atoms with van der Waals surface area (Å²) in [6.45, 7) is 8.11. The molecule has 0 aliphatic heterocycles. The van der Waals surface area contributed by atoms with Gasteiger partial charge in [-0.05, 0) is 31.6 Å². The highest BCUT2D eigenvalue weighted by atomic mass is 16.5. The standard InChI is InChI=1S/C22H28N2O2/c1-4-24(5-2)17-20-12-7-6-11-19(20)16-23-22(25)15-14-18-10-8-9-13-21(18)26-3/h6-15H,4-5,16-17H2,1-3H3,(H,23,25)/p+1/b15-14+. The summed E-state index contributed by atoms with van der Waals surface area (Å²) in [7, 11) is 1.63. The molecule has 0 radical (unpaired) electrons. The molecule has 0 aliphatic carbocycles. The average molecular weight is 353 g/mol. The van der Waals surface area contributed by atoms with Gasteiger partial charge in [-0.2, -0.15) is 0 Å². The molecule has 26 heavy (non-hydrogen) atoms. The normalized spacial score (nSPS) is 11.1. The Kier molecular flexibility index (Phi) is 7.90. The molecule has 0 fully saturated rings. The summed E-state index contributed by atoms with van der Waals surface area (Å²) in [5, 5.41) is 2.98. The van der Waals surface area contributed by atoms with Crippen molar-refractivity contribution < 1.29 is 14.4 Å². The number of benzene rings is 2. The van der Waals surface area contributed by atoms with E-state index >= 15 is 0 Å². The number of hydrogen-bond acceptors (Lipinski definition) is 2. The van der Waals surface area contributed by atoms with Gasteiger partial charge in [-0.25, -0.2) is 0 Å². The van der Waals surface area contributed by atoms with Crippen LogP contribution in [-0.4, -0.2) is 26.1 Å². The van der Waals surface area contributed by atoms with Crippen molar-refractivity contribution in [1.29, 1.82) is 0 Å². The first-order valence-electron chi connectivity index (χ1n) is 9.17. The number of rotatable bonds is 9. The van der Waals surface area contributed by atoms with Crippen LogP contribution >= 0.6 is 0 Å². The predicted octanol–water partition coefficient (Wildman–Crippen LogP) is 2.45. The van der Waals surface area contributed by atoms with Crippen LogP contribution in [0.3, 0.4) is 0 Å². The minimum atomic E-state index is -0.110. The molecule has 0 aromatic heterocycles. The van der Waals surface area contributed by atoms with Crippen LogP contribution in [0.5, 0.6) is 5.75 Å². The van der Waals surface area contributed by atoms with E-state index in [4.69, 9.17) is 4.74 Å². The summed E-state index contributed by atoms with van der Waals surface area (Å²) < 4.78 is 5.30. The Morgan fingerprint density at radius 1 is 1.04 bits per heavy atom. The fourth-order valence-corrected chi connectivity index (χ4v) is 2.88. The number of amides is 1. The number of quaternary nitrogens is 1. The molecule has 2 aromatic carbocycles. The van der Waals surface area contributed by atoms with Gasteiger partial charge in [-0.1, -0.05) is 42.5 Å². The first-order valence-corrected chi connectivity index (χ1v) is 9.17. The average Bonchev–Trinajstić information content (AvgIpc) is 2.69. The third kappa shape index (κ3) is 5.74. The summed E-state index contributed by atoms with van der Waals surface area (Å²) in [6, 6.07) is 15.9. The minimum Gasteiger partial charge on any atom is -0.496 e. The van der Waals surface area contributed by atoms with Crippen molar-refractivity contribution >= 4 is 12.0 Å². The van der Waals surface area contributed by atoms with Crippen molar-refractivity contribution in [3.63, 3.8) is 0 Å². The largest absolute Gasteiger partial charge is 0.496 e. The van der Waals surface area contributed by atoms with Crippen LogP contribution in [0.15, 0.2) is 54.6 Å². The second-order valence-electron chi connectivity index (χ2n) is 6.20. The molecule has 2 rings (SSSR count). The van der Waals surface area contributed by atoms with Gasteiger partial charge in [0, 0.05) is 23.7 Å². The molecule has 2 aromatic rings. The second-order valence-corrected chi connectivity index (χ2v) is 6.20. The summed E-state index contributed by atoms with van der Waals surface area (Å²) in [6.07, 6.45) is 3.33. The van der Waals surface area contributed by atoms with Gasteiger partial charge in [0.2, 0.25) is 5.91 Å². The number of ether oxygens (including phenoxy) is 1. The molecule has 4 nitrogen and oxygen atoms in total. The first kappa shape index (κ1) is 19.7. The molecule has 0 spiro atoms. The zero-order valence-electron chi connectivity index (χ0n) is 15.9. The zero-order valence-corrected chi connectivity index (χ0v) is 15.9. The van der Waals surface area contributed by atoms with Crippen LogP contribution in [0.4, 0.5) is 0 Å². The summed E-state index contributed by atoms with van der Waals surface area (Å²) in [4.78, 5) is 13.7. The van der Waals surface area contributed by atoms with Crippen LogP contribution in [-0.2, 0) is 17.9 Å². The maximum absolute atomic E-state index is 12.2. The molecule has 138 valence electrons. The number of carbonyl (C=O) groups excluding carboxylic acids is 1. The highest BCUT2D eigenvalue weighted by molar-refractivity contribution is 5.92. The maximum atomic E-state index is 12.2. The van der Waals surface area contributed by atoms with Gasteiger partial charge in [-0.15, -0.1) is 0 Å². The lowest BCUT2D eigenvalue weighted by atomic mass is 10.1. The summed E-state index contributed by atoms with van der Waals surface area (Å²) in [5.74, 6) is 0.644. The Labute approximate surface area is 156 Å².